The smallest absolute Gasteiger partial charge is 0.248 e. The molecule has 30 heavy (non-hydrogen) atoms. The third-order valence-corrected chi connectivity index (χ3v) is 4.38. The lowest BCUT2D eigenvalue weighted by Crippen LogP contribution is -2.16. The van der Waals surface area contributed by atoms with Crippen molar-refractivity contribution in [2.45, 2.75) is 0 Å². The van der Waals surface area contributed by atoms with E-state index in [2.05, 4.69) is 5.32 Å². The monoisotopic (exact) mass is 403 g/mol. The third-order valence-electron chi connectivity index (χ3n) is 4.38. The molecular weight excluding hydrogens is 382 g/mol. The van der Waals surface area contributed by atoms with E-state index in [1.54, 1.807) is 43.5 Å². The van der Waals surface area contributed by atoms with Crippen LogP contribution in [-0.4, -0.2) is 26.2 Å². The average molecular weight is 403 g/mol. The Balaban J connectivity index is 1.39. The lowest BCUT2D eigenvalue weighted by Gasteiger charge is -2.20. The number of carbonyl (C=O) groups is 1. The number of carbonyl (C=O) groups excluding carboxylic acids is 1. The summed E-state index contributed by atoms with van der Waals surface area (Å²) in [6.45, 7) is 0.962. The van der Waals surface area contributed by atoms with E-state index in [4.69, 9.17) is 18.9 Å². The van der Waals surface area contributed by atoms with Gasteiger partial charge in [-0.05, 0) is 60.2 Å². The fourth-order valence-corrected chi connectivity index (χ4v) is 2.98. The summed E-state index contributed by atoms with van der Waals surface area (Å²) in [4.78, 5) is 12.3. The normalized spacial score (nSPS) is 12.4. The van der Waals surface area contributed by atoms with E-state index in [0.717, 1.165) is 11.3 Å². The van der Waals surface area contributed by atoms with Gasteiger partial charge >= 0.3 is 0 Å². The molecule has 1 aliphatic rings. The molecule has 1 aliphatic heterocycles. The van der Waals surface area contributed by atoms with Gasteiger partial charge in [-0.2, -0.15) is 0 Å². The second kappa shape index (κ2) is 9.05. The van der Waals surface area contributed by atoms with Crippen molar-refractivity contribution >= 4 is 17.7 Å². The minimum absolute atomic E-state index is 0.249. The van der Waals surface area contributed by atoms with Crippen molar-refractivity contribution in [2.24, 2.45) is 0 Å². The lowest BCUT2D eigenvalue weighted by molar-refractivity contribution is -0.111. The Hall–Kier alpha value is -3.93. The third kappa shape index (κ3) is 4.72. The van der Waals surface area contributed by atoms with Gasteiger partial charge in [0.25, 0.3) is 0 Å². The van der Waals surface area contributed by atoms with Gasteiger partial charge in [-0.1, -0.05) is 18.2 Å². The second-order valence-corrected chi connectivity index (χ2v) is 6.51. The number of benzene rings is 3. The van der Waals surface area contributed by atoms with E-state index in [1.807, 2.05) is 36.4 Å². The van der Waals surface area contributed by atoms with Crippen molar-refractivity contribution in [3.05, 3.63) is 78.4 Å². The summed E-state index contributed by atoms with van der Waals surface area (Å²) in [5.74, 6) is 2.96. The van der Waals surface area contributed by atoms with Crippen LogP contribution in [0, 0.1) is 0 Å². The van der Waals surface area contributed by atoms with Gasteiger partial charge in [0.1, 0.15) is 24.7 Å². The van der Waals surface area contributed by atoms with Crippen LogP contribution in [0.4, 0.5) is 5.69 Å². The zero-order valence-corrected chi connectivity index (χ0v) is 16.5. The van der Waals surface area contributed by atoms with E-state index >= 15 is 0 Å². The van der Waals surface area contributed by atoms with E-state index in [-0.39, 0.29) is 5.91 Å². The Kier molecular flexibility index (Phi) is 5.85. The highest BCUT2D eigenvalue weighted by atomic mass is 16.6. The van der Waals surface area contributed by atoms with Crippen molar-refractivity contribution in [2.75, 3.05) is 25.6 Å². The number of nitrogens with one attached hydrogen (secondary N) is 1. The summed E-state index contributed by atoms with van der Waals surface area (Å²) in [6, 6.07) is 20.3. The first-order chi connectivity index (χ1) is 14.7. The molecule has 152 valence electrons. The molecule has 0 unspecified atom stereocenters. The van der Waals surface area contributed by atoms with Gasteiger partial charge in [-0.15, -0.1) is 0 Å². The van der Waals surface area contributed by atoms with Crippen LogP contribution in [0.2, 0.25) is 0 Å². The van der Waals surface area contributed by atoms with Gasteiger partial charge in [0.15, 0.2) is 11.5 Å². The number of hydrogen-bond donors (Lipinski definition) is 1. The summed E-state index contributed by atoms with van der Waals surface area (Å²) in [5, 5.41) is 2.83. The molecule has 0 bridgehead atoms. The Labute approximate surface area is 174 Å². The van der Waals surface area contributed by atoms with Gasteiger partial charge in [-0.3, -0.25) is 4.79 Å². The summed E-state index contributed by atoms with van der Waals surface area (Å²) < 4.78 is 22.3. The number of anilines is 1. The lowest BCUT2D eigenvalue weighted by atomic mass is 10.1. The molecule has 0 saturated heterocycles. The first-order valence-electron chi connectivity index (χ1n) is 9.51. The molecule has 4 rings (SSSR count). The highest BCUT2D eigenvalue weighted by Crippen LogP contribution is 2.40. The molecule has 6 heteroatoms. The second-order valence-electron chi connectivity index (χ2n) is 6.51. The summed E-state index contributed by atoms with van der Waals surface area (Å²) in [5.41, 5.74) is 1.45. The standard InChI is InChI=1S/C24H21NO5/c1-27-21-15-17(16-22-24(21)29-14-13-28-22)7-12-23(26)25-18-8-10-20(11-9-18)30-19-5-3-2-4-6-19/h2-12,15-16H,13-14H2,1H3,(H,25,26)/b12-7+. The molecule has 0 aliphatic carbocycles. The van der Waals surface area contributed by atoms with Crippen LogP contribution in [-0.2, 0) is 4.79 Å². The van der Waals surface area contributed by atoms with Gasteiger partial charge in [-0.25, -0.2) is 0 Å². The Morgan fingerprint density at radius 3 is 2.47 bits per heavy atom. The van der Waals surface area contributed by atoms with Crippen LogP contribution in [0.25, 0.3) is 6.08 Å². The highest BCUT2D eigenvalue weighted by molar-refractivity contribution is 6.02. The molecule has 0 saturated carbocycles. The molecule has 0 fully saturated rings. The van der Waals surface area contributed by atoms with Crippen LogP contribution in [0.15, 0.2) is 72.8 Å². The number of methoxy groups -OCH3 is 1. The zero-order chi connectivity index (χ0) is 20.8. The van der Waals surface area contributed by atoms with Crippen LogP contribution < -0.4 is 24.3 Å². The van der Waals surface area contributed by atoms with Gasteiger partial charge in [0, 0.05) is 11.8 Å². The number of hydrogen-bond acceptors (Lipinski definition) is 5. The molecule has 0 spiro atoms. The van der Waals surface area contributed by atoms with Crippen molar-refractivity contribution < 1.29 is 23.7 Å². The quantitative estimate of drug-likeness (QED) is 0.593. The number of fused-ring (bicyclic) bond motifs is 1. The fraction of sp³-hybridized carbons (Fsp3) is 0.125. The molecular formula is C24H21NO5. The number of amides is 1. The van der Waals surface area contributed by atoms with Crippen molar-refractivity contribution in [3.8, 4) is 28.7 Å². The molecule has 1 amide bonds. The maximum absolute atomic E-state index is 12.3. The Morgan fingerprint density at radius 1 is 0.967 bits per heavy atom. The zero-order valence-electron chi connectivity index (χ0n) is 16.5. The molecule has 1 N–H and O–H groups in total. The van der Waals surface area contributed by atoms with E-state index in [0.29, 0.717) is 41.9 Å². The summed E-state index contributed by atoms with van der Waals surface area (Å²) >= 11 is 0. The average Bonchev–Trinajstić information content (AvgIpc) is 2.79. The maximum Gasteiger partial charge on any atom is 0.248 e. The predicted molar refractivity (Wildman–Crippen MR) is 115 cm³/mol. The predicted octanol–water partition coefficient (Wildman–Crippen LogP) is 4.91. The molecule has 6 nitrogen and oxygen atoms in total. The van der Waals surface area contributed by atoms with Crippen LogP contribution >= 0.6 is 0 Å². The minimum atomic E-state index is -0.249. The van der Waals surface area contributed by atoms with Gasteiger partial charge in [0.2, 0.25) is 11.7 Å². The topological polar surface area (TPSA) is 66.0 Å². The molecule has 0 aromatic heterocycles. The first kappa shape index (κ1) is 19.4. The van der Waals surface area contributed by atoms with E-state index in [1.165, 1.54) is 6.08 Å². The molecule has 0 radical (unpaired) electrons. The van der Waals surface area contributed by atoms with Gasteiger partial charge < -0.3 is 24.3 Å². The molecule has 1 heterocycles. The Morgan fingerprint density at radius 2 is 1.70 bits per heavy atom. The maximum atomic E-state index is 12.3. The number of ether oxygens (including phenoxy) is 4. The highest BCUT2D eigenvalue weighted by Gasteiger charge is 2.17. The minimum Gasteiger partial charge on any atom is -0.493 e. The molecule has 3 aromatic rings. The Bertz CT molecular complexity index is 1030. The number of para-hydroxylation sites is 1. The van der Waals surface area contributed by atoms with Crippen LogP contribution in [0.3, 0.4) is 0 Å². The van der Waals surface area contributed by atoms with Crippen molar-refractivity contribution in [1.29, 1.82) is 0 Å². The van der Waals surface area contributed by atoms with E-state index < -0.39 is 0 Å². The summed E-state index contributed by atoms with van der Waals surface area (Å²) in [7, 11) is 1.57. The van der Waals surface area contributed by atoms with Gasteiger partial charge in [0.05, 0.1) is 7.11 Å². The van der Waals surface area contributed by atoms with Crippen LogP contribution in [0.1, 0.15) is 5.56 Å². The SMILES string of the molecule is COc1cc(/C=C/C(=O)Nc2ccc(Oc3ccccc3)cc2)cc2c1OCCO2. The van der Waals surface area contributed by atoms with Crippen molar-refractivity contribution in [3.63, 3.8) is 0 Å². The van der Waals surface area contributed by atoms with Crippen molar-refractivity contribution in [1.82, 2.24) is 0 Å². The van der Waals surface area contributed by atoms with E-state index in [9.17, 15) is 4.79 Å². The molecule has 0 atom stereocenters. The van der Waals surface area contributed by atoms with Crippen LogP contribution in [0.5, 0.6) is 28.7 Å². The fourth-order valence-electron chi connectivity index (χ4n) is 2.98. The number of rotatable bonds is 6. The largest absolute Gasteiger partial charge is 0.493 e. The molecule has 3 aromatic carbocycles. The first-order valence-corrected chi connectivity index (χ1v) is 9.51. The summed E-state index contributed by atoms with van der Waals surface area (Å²) in [6.07, 6.45) is 3.15.